The minimum absolute atomic E-state index is 0.0240. The highest BCUT2D eigenvalue weighted by molar-refractivity contribution is 7.99. The van der Waals surface area contributed by atoms with Crippen molar-refractivity contribution < 1.29 is 36.3 Å². The van der Waals surface area contributed by atoms with Crippen LogP contribution >= 0.6 is 46.6 Å². The van der Waals surface area contributed by atoms with E-state index in [-0.39, 0.29) is 39.4 Å². The number of halogens is 8. The summed E-state index contributed by atoms with van der Waals surface area (Å²) in [5.74, 6) is 0.425. The molecule has 2 amide bonds. The van der Waals surface area contributed by atoms with Crippen LogP contribution in [0.2, 0.25) is 10.0 Å². The number of rotatable bonds is 8. The molecule has 5 rings (SSSR count). The smallest absolute Gasteiger partial charge is 0.406 e. The van der Waals surface area contributed by atoms with Crippen molar-refractivity contribution in [1.82, 2.24) is 14.8 Å². The highest BCUT2D eigenvalue weighted by atomic mass is 35.5. The van der Waals surface area contributed by atoms with Gasteiger partial charge in [0.2, 0.25) is 0 Å². The van der Waals surface area contributed by atoms with Gasteiger partial charge in [-0.25, -0.2) is 4.79 Å². The average Bonchev–Trinajstić information content (AvgIpc) is 3.32. The molecule has 2 aliphatic rings. The fourth-order valence-corrected chi connectivity index (χ4v) is 7.08. The molecule has 1 atom stereocenters. The van der Waals surface area contributed by atoms with Gasteiger partial charge in [-0.3, -0.25) is 19.4 Å². The van der Waals surface area contributed by atoms with E-state index in [9.17, 15) is 36.3 Å². The van der Waals surface area contributed by atoms with Crippen LogP contribution in [0.25, 0.3) is 0 Å². The van der Waals surface area contributed by atoms with Gasteiger partial charge in [0.25, 0.3) is 5.56 Å². The summed E-state index contributed by atoms with van der Waals surface area (Å²) in [5, 5.41) is 5.79. The summed E-state index contributed by atoms with van der Waals surface area (Å²) in [7, 11) is 3.37. The Kier molecular flexibility index (Phi) is 12.1. The Bertz CT molecular complexity index is 1810. The largest absolute Gasteiger partial charge is 0.495 e. The van der Waals surface area contributed by atoms with Gasteiger partial charge in [0.1, 0.15) is 18.0 Å². The molecule has 1 fully saturated rings. The van der Waals surface area contributed by atoms with Gasteiger partial charge in [0.15, 0.2) is 6.29 Å². The molecule has 0 spiro atoms. The number of aromatic nitrogens is 1. The van der Waals surface area contributed by atoms with Gasteiger partial charge in [-0.2, -0.15) is 27.2 Å². The second kappa shape index (κ2) is 15.6. The maximum absolute atomic E-state index is 13.2. The number of carbonyl (C=O) groups is 2. The highest BCUT2D eigenvalue weighted by Gasteiger charge is 2.38. The van der Waals surface area contributed by atoms with Crippen molar-refractivity contribution >= 4 is 64.6 Å². The Labute approximate surface area is 296 Å². The minimum Gasteiger partial charge on any atom is -0.495 e. The number of benzene rings is 2. The molecule has 2 aliphatic heterocycles. The van der Waals surface area contributed by atoms with Crippen LogP contribution in [-0.4, -0.2) is 67.1 Å². The van der Waals surface area contributed by atoms with Crippen molar-refractivity contribution in [3.8, 4) is 11.8 Å². The zero-order valence-corrected chi connectivity index (χ0v) is 28.8. The van der Waals surface area contributed by atoms with E-state index in [4.69, 9.17) is 44.8 Å². The second-order valence-corrected chi connectivity index (χ2v) is 13.2. The Morgan fingerprint density at radius 1 is 1.12 bits per heavy atom. The summed E-state index contributed by atoms with van der Waals surface area (Å²) < 4.78 is 70.1. The predicted octanol–water partition coefficient (Wildman–Crippen LogP) is 8.22. The van der Waals surface area contributed by atoms with Crippen molar-refractivity contribution in [2.75, 3.05) is 38.7 Å². The second-order valence-electron chi connectivity index (χ2n) is 10.9. The molecule has 262 valence electrons. The summed E-state index contributed by atoms with van der Waals surface area (Å²) in [6.07, 6.45) is -3.40. The number of nitrogens with one attached hydrogen (secondary N) is 1. The van der Waals surface area contributed by atoms with Gasteiger partial charge in [0.05, 0.1) is 40.9 Å². The average molecular weight is 767 g/mol. The summed E-state index contributed by atoms with van der Waals surface area (Å²) in [6, 6.07) is 10.6. The number of hydrogen-bond acceptors (Lipinski definition) is 7. The number of aromatic amines is 1. The Balaban J connectivity index is 0.000000226. The van der Waals surface area contributed by atoms with Crippen LogP contribution < -0.4 is 15.2 Å². The normalized spacial score (nSPS) is 16.5. The first-order valence-corrected chi connectivity index (χ1v) is 16.3. The summed E-state index contributed by atoms with van der Waals surface area (Å²) in [5.41, 5.74) is 0.268. The molecule has 3 heterocycles. The number of hydrogen-bond donors (Lipinski definition) is 1. The molecule has 0 radical (unpaired) electrons. The third-order valence-corrected chi connectivity index (χ3v) is 9.86. The molecule has 1 unspecified atom stereocenters. The van der Waals surface area contributed by atoms with E-state index in [0.29, 0.717) is 42.3 Å². The van der Waals surface area contributed by atoms with E-state index in [1.807, 2.05) is 16.9 Å². The molecule has 0 aliphatic carbocycles. The number of nitrogens with zero attached hydrogens (tertiary/aromatic N) is 4. The van der Waals surface area contributed by atoms with E-state index < -0.39 is 35.4 Å². The first-order valence-electron chi connectivity index (χ1n) is 14.3. The van der Waals surface area contributed by atoms with Crippen LogP contribution in [-0.2, 0) is 11.9 Å². The fourth-order valence-electron chi connectivity index (χ4n) is 5.37. The summed E-state index contributed by atoms with van der Waals surface area (Å²) in [4.78, 5) is 41.8. The van der Waals surface area contributed by atoms with E-state index >= 15 is 0 Å². The number of ether oxygens (including phenoxy) is 1. The van der Waals surface area contributed by atoms with Crippen molar-refractivity contribution in [2.24, 2.45) is 0 Å². The molecule has 1 saturated heterocycles. The Morgan fingerprint density at radius 2 is 1.80 bits per heavy atom. The van der Waals surface area contributed by atoms with Crippen LogP contribution in [0.1, 0.15) is 46.1 Å². The van der Waals surface area contributed by atoms with Gasteiger partial charge in [0, 0.05) is 35.5 Å². The van der Waals surface area contributed by atoms with Crippen molar-refractivity contribution in [1.29, 1.82) is 5.26 Å². The number of amides is 2. The number of methoxy groups -OCH3 is 1. The third-order valence-electron chi connectivity index (χ3n) is 7.60. The third kappa shape index (κ3) is 8.98. The number of urea groups is 1. The lowest BCUT2D eigenvalue weighted by molar-refractivity contribution is -0.140. The van der Waals surface area contributed by atoms with E-state index in [1.165, 1.54) is 12.0 Å². The molecule has 3 aromatic rings. The summed E-state index contributed by atoms with van der Waals surface area (Å²) >= 11 is 17.7. The SMILES string of the molecule is COc1cc2c(cc1N1CCCN(CC(F)(F)F)C1=O)CN(C)C2CC#N.O=Cc1c(Sc2c(Cl)cccc2Cl)cc(C(F)(F)Cl)[nH]c1=O. The lowest BCUT2D eigenvalue weighted by Gasteiger charge is -2.36. The number of alkyl halides is 6. The first-order chi connectivity index (χ1) is 23.0. The monoisotopic (exact) mass is 765 g/mol. The van der Waals surface area contributed by atoms with Gasteiger partial charge >= 0.3 is 17.6 Å². The molecule has 18 heteroatoms. The lowest BCUT2D eigenvalue weighted by atomic mass is 10.0. The molecule has 1 N–H and O–H groups in total. The standard InChI is InChI=1S/C18H21F3N4O2.C13H6Cl3F2NO2S/c1-23-10-12-8-15(16(27-2)9-13(12)14(23)4-5-22)25-7-3-6-24(17(25)26)11-18(19,20)21;14-7-2-1-3-8(15)11(7)22-9-4-10(13(16,17)18)19-12(21)6(9)5-20/h8-9,14H,3-4,6-7,10-11H2,1-2H3;1-5H,(H,19,21). The Morgan fingerprint density at radius 3 is 2.37 bits per heavy atom. The predicted molar refractivity (Wildman–Crippen MR) is 175 cm³/mol. The van der Waals surface area contributed by atoms with Gasteiger partial charge in [-0.15, -0.1) is 0 Å². The molecule has 9 nitrogen and oxygen atoms in total. The van der Waals surface area contributed by atoms with Crippen LogP contribution in [0.15, 0.2) is 51.0 Å². The molecule has 0 saturated carbocycles. The van der Waals surface area contributed by atoms with E-state index in [1.54, 1.807) is 30.3 Å². The molecule has 49 heavy (non-hydrogen) atoms. The van der Waals surface area contributed by atoms with E-state index in [2.05, 4.69) is 6.07 Å². The van der Waals surface area contributed by atoms with Gasteiger partial charge < -0.3 is 14.6 Å². The van der Waals surface area contributed by atoms with Gasteiger partial charge in [-0.1, -0.05) is 41.0 Å². The number of fused-ring (bicyclic) bond motifs is 1. The lowest BCUT2D eigenvalue weighted by Crippen LogP contribution is -2.52. The number of pyridine rings is 1. The Hall–Kier alpha value is -3.55. The number of nitriles is 1. The number of anilines is 1. The van der Waals surface area contributed by atoms with Crippen molar-refractivity contribution in [3.63, 3.8) is 0 Å². The van der Waals surface area contributed by atoms with Crippen LogP contribution in [0.4, 0.5) is 32.4 Å². The van der Waals surface area contributed by atoms with Crippen molar-refractivity contribution in [2.45, 2.75) is 46.8 Å². The number of carbonyl (C=O) groups excluding carboxylic acids is 2. The highest BCUT2D eigenvalue weighted by Crippen LogP contribution is 2.43. The molecular formula is C31H27Cl3F5N5O4S. The molecule has 2 aromatic carbocycles. The number of aldehydes is 1. The maximum atomic E-state index is 13.2. The van der Waals surface area contributed by atoms with Crippen LogP contribution in [0.3, 0.4) is 0 Å². The van der Waals surface area contributed by atoms with Crippen molar-refractivity contribution in [3.05, 3.63) is 79.2 Å². The van der Waals surface area contributed by atoms with Crippen LogP contribution in [0.5, 0.6) is 5.75 Å². The molecule has 0 bridgehead atoms. The summed E-state index contributed by atoms with van der Waals surface area (Å²) in [6.45, 7) is -0.246. The minimum atomic E-state index is -4.44. The number of H-pyrrole nitrogens is 1. The zero-order chi connectivity index (χ0) is 36.3. The molecule has 1 aromatic heterocycles. The molecular weight excluding hydrogens is 740 g/mol. The van der Waals surface area contributed by atoms with Crippen LogP contribution in [0, 0.1) is 11.3 Å². The van der Waals surface area contributed by atoms with E-state index in [0.717, 1.165) is 33.9 Å². The van der Waals surface area contributed by atoms with Gasteiger partial charge in [-0.05, 0) is 66.5 Å². The zero-order valence-electron chi connectivity index (χ0n) is 25.7. The first kappa shape index (κ1) is 38.3. The fraction of sp³-hybridized carbons (Fsp3) is 0.355. The quantitative estimate of drug-likeness (QED) is 0.140. The maximum Gasteiger partial charge on any atom is 0.406 e. The topological polar surface area (TPSA) is 110 Å².